The van der Waals surface area contributed by atoms with Crippen LogP contribution < -0.4 is 10.5 Å². The lowest BCUT2D eigenvalue weighted by molar-refractivity contribution is 0.477. The summed E-state index contributed by atoms with van der Waals surface area (Å²) in [6.07, 6.45) is 0. The average molecular weight is 394 g/mol. The Labute approximate surface area is 172 Å². The van der Waals surface area contributed by atoms with Crippen LogP contribution in [0.15, 0.2) is 84.9 Å². The topological polar surface area (TPSA) is 97.0 Å². The van der Waals surface area contributed by atoms with Gasteiger partial charge in [-0.2, -0.15) is 5.10 Å². The second kappa shape index (κ2) is 7.25. The number of hydrogen-bond donors (Lipinski definition) is 3. The lowest BCUT2D eigenvalue weighted by atomic mass is 10.0. The minimum atomic E-state index is 0.161. The molecule has 6 heteroatoms. The number of rotatable bonds is 4. The second-order valence-corrected chi connectivity index (χ2v) is 6.84. The van der Waals surface area contributed by atoms with E-state index in [0.717, 1.165) is 28.0 Å². The SMILES string of the molecule is Nc1n[nH]c2cc(-c3ccccc3O)nc(-c3ccc(Oc4ccccc4)cc3)c12. The molecule has 0 fully saturated rings. The van der Waals surface area contributed by atoms with Crippen LogP contribution in [0.1, 0.15) is 0 Å². The lowest BCUT2D eigenvalue weighted by Crippen LogP contribution is -1.93. The van der Waals surface area contributed by atoms with E-state index in [4.69, 9.17) is 15.5 Å². The van der Waals surface area contributed by atoms with E-state index in [1.54, 1.807) is 12.1 Å². The van der Waals surface area contributed by atoms with Gasteiger partial charge < -0.3 is 15.6 Å². The minimum Gasteiger partial charge on any atom is -0.507 e. The summed E-state index contributed by atoms with van der Waals surface area (Å²) in [5, 5.41) is 18.1. The molecule has 0 atom stereocenters. The first-order chi connectivity index (χ1) is 14.7. The van der Waals surface area contributed by atoms with E-state index < -0.39 is 0 Å². The number of nitrogen functional groups attached to an aromatic ring is 1. The van der Waals surface area contributed by atoms with E-state index in [1.807, 2.05) is 72.8 Å². The van der Waals surface area contributed by atoms with E-state index in [-0.39, 0.29) is 5.75 Å². The molecule has 5 rings (SSSR count). The first-order valence-corrected chi connectivity index (χ1v) is 9.45. The number of aromatic nitrogens is 3. The highest BCUT2D eigenvalue weighted by Gasteiger charge is 2.16. The number of para-hydroxylation sites is 2. The molecule has 0 aliphatic heterocycles. The maximum absolute atomic E-state index is 10.3. The predicted molar refractivity (Wildman–Crippen MR) is 117 cm³/mol. The number of phenols is 1. The molecule has 0 radical (unpaired) electrons. The third-order valence-electron chi connectivity index (χ3n) is 4.86. The Bertz CT molecular complexity index is 1330. The molecule has 0 saturated heterocycles. The molecule has 0 aliphatic rings. The molecular weight excluding hydrogens is 376 g/mol. The highest BCUT2D eigenvalue weighted by molar-refractivity contribution is 6.01. The van der Waals surface area contributed by atoms with Gasteiger partial charge in [-0.15, -0.1) is 0 Å². The van der Waals surface area contributed by atoms with Crippen molar-refractivity contribution in [2.75, 3.05) is 5.73 Å². The van der Waals surface area contributed by atoms with Crippen LogP contribution in [-0.2, 0) is 0 Å². The maximum Gasteiger partial charge on any atom is 0.155 e. The predicted octanol–water partition coefficient (Wildman–Crippen LogP) is 5.37. The summed E-state index contributed by atoms with van der Waals surface area (Å²) in [5.41, 5.74) is 9.67. The number of benzene rings is 3. The molecule has 0 amide bonds. The van der Waals surface area contributed by atoms with Crippen molar-refractivity contribution in [3.8, 4) is 39.8 Å². The number of nitrogens with one attached hydrogen (secondary N) is 1. The van der Waals surface area contributed by atoms with Crippen molar-refractivity contribution in [3.63, 3.8) is 0 Å². The van der Waals surface area contributed by atoms with Crippen LogP contribution >= 0.6 is 0 Å². The van der Waals surface area contributed by atoms with Gasteiger partial charge >= 0.3 is 0 Å². The Morgan fingerprint density at radius 3 is 2.30 bits per heavy atom. The van der Waals surface area contributed by atoms with Crippen molar-refractivity contribution in [1.82, 2.24) is 15.2 Å². The number of aromatic hydroxyl groups is 1. The number of fused-ring (bicyclic) bond motifs is 1. The van der Waals surface area contributed by atoms with Gasteiger partial charge in [-0.3, -0.25) is 5.10 Å². The van der Waals surface area contributed by atoms with Crippen molar-refractivity contribution in [2.24, 2.45) is 0 Å². The van der Waals surface area contributed by atoms with Gasteiger partial charge in [0.05, 0.1) is 22.3 Å². The zero-order valence-electron chi connectivity index (χ0n) is 15.9. The number of nitrogens with two attached hydrogens (primary N) is 1. The number of hydrogen-bond acceptors (Lipinski definition) is 5. The number of pyridine rings is 1. The monoisotopic (exact) mass is 394 g/mol. The third kappa shape index (κ3) is 3.20. The fraction of sp³-hybridized carbons (Fsp3) is 0. The molecule has 0 bridgehead atoms. The molecule has 2 heterocycles. The number of anilines is 1. The molecule has 0 unspecified atom stereocenters. The Morgan fingerprint density at radius 2 is 1.53 bits per heavy atom. The van der Waals surface area contributed by atoms with Crippen LogP contribution in [0.5, 0.6) is 17.2 Å². The van der Waals surface area contributed by atoms with Gasteiger partial charge in [0.25, 0.3) is 0 Å². The summed E-state index contributed by atoms with van der Waals surface area (Å²) in [6.45, 7) is 0. The summed E-state index contributed by atoms with van der Waals surface area (Å²) in [7, 11) is 0. The van der Waals surface area contributed by atoms with Crippen LogP contribution in [0.25, 0.3) is 33.4 Å². The molecule has 2 aromatic heterocycles. The van der Waals surface area contributed by atoms with Gasteiger partial charge in [0, 0.05) is 11.1 Å². The van der Waals surface area contributed by atoms with Crippen LogP contribution in [-0.4, -0.2) is 20.3 Å². The molecule has 146 valence electrons. The highest BCUT2D eigenvalue weighted by atomic mass is 16.5. The van der Waals surface area contributed by atoms with Crippen molar-refractivity contribution in [3.05, 3.63) is 84.9 Å². The summed E-state index contributed by atoms with van der Waals surface area (Å²) >= 11 is 0. The molecule has 6 nitrogen and oxygen atoms in total. The van der Waals surface area contributed by atoms with E-state index in [2.05, 4.69) is 10.2 Å². The number of ether oxygens (including phenoxy) is 1. The molecule has 4 N–H and O–H groups in total. The summed E-state index contributed by atoms with van der Waals surface area (Å²) in [6, 6.07) is 26.2. The van der Waals surface area contributed by atoms with Crippen molar-refractivity contribution in [2.45, 2.75) is 0 Å². The van der Waals surface area contributed by atoms with Crippen molar-refractivity contribution >= 4 is 16.7 Å². The average Bonchev–Trinajstić information content (AvgIpc) is 3.16. The number of nitrogens with zero attached hydrogens (tertiary/aromatic N) is 2. The van der Waals surface area contributed by atoms with Crippen LogP contribution in [0.2, 0.25) is 0 Å². The second-order valence-electron chi connectivity index (χ2n) is 6.84. The number of H-pyrrole nitrogens is 1. The number of phenolic OH excluding ortho intramolecular Hbond substituents is 1. The van der Waals surface area contributed by atoms with Crippen LogP contribution in [0.3, 0.4) is 0 Å². The lowest BCUT2D eigenvalue weighted by Gasteiger charge is -2.10. The first kappa shape index (κ1) is 17.8. The Balaban J connectivity index is 1.59. The third-order valence-corrected chi connectivity index (χ3v) is 4.86. The van der Waals surface area contributed by atoms with Crippen LogP contribution in [0.4, 0.5) is 5.82 Å². The van der Waals surface area contributed by atoms with E-state index in [9.17, 15) is 5.11 Å². The summed E-state index contributed by atoms with van der Waals surface area (Å²) < 4.78 is 5.88. The zero-order valence-corrected chi connectivity index (χ0v) is 15.9. The van der Waals surface area contributed by atoms with Gasteiger partial charge in [-0.25, -0.2) is 4.98 Å². The van der Waals surface area contributed by atoms with Gasteiger partial charge in [0.1, 0.15) is 17.2 Å². The van der Waals surface area contributed by atoms with Gasteiger partial charge in [0.2, 0.25) is 0 Å². The molecular formula is C24H18N4O2. The molecule has 3 aromatic carbocycles. The van der Waals surface area contributed by atoms with E-state index in [1.165, 1.54) is 0 Å². The molecule has 5 aromatic rings. The first-order valence-electron chi connectivity index (χ1n) is 9.45. The fourth-order valence-electron chi connectivity index (χ4n) is 3.41. The zero-order chi connectivity index (χ0) is 20.5. The summed E-state index contributed by atoms with van der Waals surface area (Å²) in [4.78, 5) is 4.81. The minimum absolute atomic E-state index is 0.161. The number of aromatic amines is 1. The standard InChI is InChI=1S/C24H18N4O2/c25-24-22-20(27-28-24)14-19(18-8-4-5-9-21(18)29)26-23(22)15-10-12-17(13-11-15)30-16-6-2-1-3-7-16/h1-14,29H,(H3,25,27,28). The molecule has 0 spiro atoms. The Hall–Kier alpha value is -4.32. The Morgan fingerprint density at radius 1 is 0.833 bits per heavy atom. The van der Waals surface area contributed by atoms with E-state index in [0.29, 0.717) is 22.8 Å². The largest absolute Gasteiger partial charge is 0.507 e. The smallest absolute Gasteiger partial charge is 0.155 e. The normalized spacial score (nSPS) is 10.9. The quantitative estimate of drug-likeness (QED) is 0.381. The Kier molecular flexibility index (Phi) is 4.29. The maximum atomic E-state index is 10.3. The van der Waals surface area contributed by atoms with E-state index >= 15 is 0 Å². The van der Waals surface area contributed by atoms with Crippen LogP contribution in [0, 0.1) is 0 Å². The highest BCUT2D eigenvalue weighted by Crippen LogP contribution is 2.36. The molecule has 0 aliphatic carbocycles. The molecule has 0 saturated carbocycles. The molecule has 30 heavy (non-hydrogen) atoms. The van der Waals surface area contributed by atoms with Crippen molar-refractivity contribution < 1.29 is 9.84 Å². The van der Waals surface area contributed by atoms with Gasteiger partial charge in [0.15, 0.2) is 5.82 Å². The summed E-state index contributed by atoms with van der Waals surface area (Å²) in [5.74, 6) is 2.03. The van der Waals surface area contributed by atoms with Crippen molar-refractivity contribution in [1.29, 1.82) is 0 Å². The fourth-order valence-corrected chi connectivity index (χ4v) is 3.41. The van der Waals surface area contributed by atoms with Gasteiger partial charge in [-0.1, -0.05) is 30.3 Å². The van der Waals surface area contributed by atoms with Gasteiger partial charge in [-0.05, 0) is 54.6 Å².